The molecular weight excluding hydrogens is 306 g/mol. The van der Waals surface area contributed by atoms with Crippen LogP contribution in [0.3, 0.4) is 0 Å². The molecule has 3 rings (SSSR count). The normalized spacial score (nSPS) is 13.8. The lowest BCUT2D eigenvalue weighted by Gasteiger charge is -2.17. The monoisotopic (exact) mass is 325 g/mol. The summed E-state index contributed by atoms with van der Waals surface area (Å²) < 4.78 is 0. The van der Waals surface area contributed by atoms with E-state index in [4.69, 9.17) is 0 Å². The summed E-state index contributed by atoms with van der Waals surface area (Å²) in [5, 5.41) is 2.93. The van der Waals surface area contributed by atoms with E-state index in [0.29, 0.717) is 23.5 Å². The van der Waals surface area contributed by atoms with E-state index in [1.54, 1.807) is 30.0 Å². The van der Waals surface area contributed by atoms with Crippen LogP contribution in [0.2, 0.25) is 0 Å². The molecule has 2 aromatic rings. The molecule has 3 nitrogen and oxygen atoms in total. The minimum Gasteiger partial charge on any atom is -0.322 e. The lowest BCUT2D eigenvalue weighted by molar-refractivity contribution is 0.0984. The summed E-state index contributed by atoms with van der Waals surface area (Å²) in [7, 11) is 0. The van der Waals surface area contributed by atoms with Crippen molar-refractivity contribution < 1.29 is 9.59 Å². The lowest BCUT2D eigenvalue weighted by Crippen LogP contribution is -2.17. The van der Waals surface area contributed by atoms with E-state index in [9.17, 15) is 9.59 Å². The number of nitrogens with one attached hydrogen (secondary N) is 1. The fourth-order valence-electron chi connectivity index (χ4n) is 2.62. The summed E-state index contributed by atoms with van der Waals surface area (Å²) in [4.78, 5) is 25.4. The molecule has 23 heavy (non-hydrogen) atoms. The molecule has 118 valence electrons. The fraction of sp³-hybridized carbons (Fsp3) is 0.263. The molecule has 1 aliphatic rings. The topological polar surface area (TPSA) is 46.2 Å². The minimum atomic E-state index is -0.165. The van der Waals surface area contributed by atoms with Gasteiger partial charge in [0.2, 0.25) is 0 Å². The molecule has 1 N–H and O–H groups in total. The van der Waals surface area contributed by atoms with E-state index in [1.807, 2.05) is 24.3 Å². The maximum Gasteiger partial charge on any atom is 0.256 e. The van der Waals surface area contributed by atoms with Crippen LogP contribution in [-0.2, 0) is 0 Å². The average molecular weight is 325 g/mol. The van der Waals surface area contributed by atoms with Crippen LogP contribution in [0.25, 0.3) is 0 Å². The molecule has 0 bridgehead atoms. The Bertz CT molecular complexity index is 750. The van der Waals surface area contributed by atoms with Crippen LogP contribution in [0.1, 0.15) is 52.5 Å². The van der Waals surface area contributed by atoms with Crippen molar-refractivity contribution in [1.82, 2.24) is 0 Å². The van der Waals surface area contributed by atoms with Crippen LogP contribution in [0, 0.1) is 0 Å². The van der Waals surface area contributed by atoms with Gasteiger partial charge in [0.25, 0.3) is 5.91 Å². The molecular formula is C19H19NO2S. The highest BCUT2D eigenvalue weighted by Gasteiger charge is 2.23. The minimum absolute atomic E-state index is 0.120. The summed E-state index contributed by atoms with van der Waals surface area (Å²) >= 11 is 1.58. The molecule has 4 heteroatoms. The summed E-state index contributed by atoms with van der Waals surface area (Å²) in [6.45, 7) is 4.27. The van der Waals surface area contributed by atoms with E-state index < -0.39 is 0 Å². The number of carbonyl (C=O) groups excluding carboxylic acids is 2. The smallest absolute Gasteiger partial charge is 0.256 e. The Labute approximate surface area is 140 Å². The summed E-state index contributed by atoms with van der Waals surface area (Å²) in [5.41, 5.74) is 3.25. The quantitative estimate of drug-likeness (QED) is 0.886. The van der Waals surface area contributed by atoms with E-state index in [2.05, 4.69) is 19.2 Å². The SMILES string of the molecule is CC(C)c1ccc(NC(=O)c2cccc3c2SCCC3=O)cc1. The van der Waals surface area contributed by atoms with Gasteiger partial charge in [-0.2, -0.15) is 0 Å². The first-order valence-corrected chi connectivity index (χ1v) is 8.75. The Hall–Kier alpha value is -2.07. The average Bonchev–Trinajstić information content (AvgIpc) is 2.55. The molecule has 0 spiro atoms. The van der Waals surface area contributed by atoms with Gasteiger partial charge < -0.3 is 5.32 Å². The van der Waals surface area contributed by atoms with Crippen molar-refractivity contribution in [3.05, 3.63) is 59.2 Å². The summed E-state index contributed by atoms with van der Waals surface area (Å²) in [5.74, 6) is 1.15. The number of rotatable bonds is 3. The predicted molar refractivity (Wildman–Crippen MR) is 94.6 cm³/mol. The number of amides is 1. The molecule has 0 saturated carbocycles. The van der Waals surface area contributed by atoms with E-state index in [0.717, 1.165) is 16.3 Å². The first-order valence-electron chi connectivity index (χ1n) is 7.76. The van der Waals surface area contributed by atoms with Crippen molar-refractivity contribution in [1.29, 1.82) is 0 Å². The standard InChI is InChI=1S/C19H19NO2S/c1-12(2)13-6-8-14(9-7-13)20-19(22)16-5-3-4-15-17(21)10-11-23-18(15)16/h3-9,12H,10-11H2,1-2H3,(H,20,22). The second kappa shape index (κ2) is 6.59. The molecule has 0 aromatic heterocycles. The van der Waals surface area contributed by atoms with Gasteiger partial charge in [0.05, 0.1) is 5.56 Å². The number of benzene rings is 2. The molecule has 1 amide bonds. The zero-order chi connectivity index (χ0) is 16.4. The van der Waals surface area contributed by atoms with Gasteiger partial charge in [0.1, 0.15) is 0 Å². The molecule has 2 aromatic carbocycles. The molecule has 0 radical (unpaired) electrons. The second-order valence-electron chi connectivity index (χ2n) is 5.93. The number of thioether (sulfide) groups is 1. The maximum absolute atomic E-state index is 12.6. The van der Waals surface area contributed by atoms with Crippen molar-refractivity contribution in [3.8, 4) is 0 Å². The highest BCUT2D eigenvalue weighted by molar-refractivity contribution is 7.99. The number of hydrogen-bond acceptors (Lipinski definition) is 3. The number of Topliss-reactive ketones (excluding diaryl/α,β-unsaturated/α-hetero) is 1. The Kier molecular flexibility index (Phi) is 4.53. The van der Waals surface area contributed by atoms with Gasteiger partial charge in [0, 0.05) is 28.3 Å². The first kappa shape index (κ1) is 15.8. The maximum atomic E-state index is 12.6. The van der Waals surface area contributed by atoms with Crippen molar-refractivity contribution in [2.75, 3.05) is 11.1 Å². The number of hydrogen-bond donors (Lipinski definition) is 1. The van der Waals surface area contributed by atoms with Gasteiger partial charge in [-0.15, -0.1) is 11.8 Å². The zero-order valence-electron chi connectivity index (χ0n) is 13.3. The van der Waals surface area contributed by atoms with E-state index in [1.165, 1.54) is 5.56 Å². The molecule has 0 fully saturated rings. The molecule has 0 unspecified atom stereocenters. The van der Waals surface area contributed by atoms with Crippen molar-refractivity contribution in [2.45, 2.75) is 31.1 Å². The van der Waals surface area contributed by atoms with Crippen LogP contribution in [0.4, 0.5) is 5.69 Å². The van der Waals surface area contributed by atoms with Gasteiger partial charge in [-0.25, -0.2) is 0 Å². The Balaban J connectivity index is 1.84. The fourth-order valence-corrected chi connectivity index (χ4v) is 3.77. The lowest BCUT2D eigenvalue weighted by atomic mass is 10.0. The summed E-state index contributed by atoms with van der Waals surface area (Å²) in [6, 6.07) is 13.2. The number of anilines is 1. The summed E-state index contributed by atoms with van der Waals surface area (Å²) in [6.07, 6.45) is 0.541. The van der Waals surface area contributed by atoms with E-state index >= 15 is 0 Å². The molecule has 0 aliphatic carbocycles. The highest BCUT2D eigenvalue weighted by atomic mass is 32.2. The zero-order valence-corrected chi connectivity index (χ0v) is 14.1. The van der Waals surface area contributed by atoms with Crippen molar-refractivity contribution in [3.63, 3.8) is 0 Å². The largest absolute Gasteiger partial charge is 0.322 e. The van der Waals surface area contributed by atoms with Crippen LogP contribution in [0.15, 0.2) is 47.4 Å². The second-order valence-corrected chi connectivity index (χ2v) is 7.04. The highest BCUT2D eigenvalue weighted by Crippen LogP contribution is 2.33. The first-order chi connectivity index (χ1) is 11.1. The Morgan fingerprint density at radius 1 is 1.13 bits per heavy atom. The van der Waals surface area contributed by atoms with Gasteiger partial charge in [-0.3, -0.25) is 9.59 Å². The van der Waals surface area contributed by atoms with Gasteiger partial charge in [-0.05, 0) is 29.7 Å². The van der Waals surface area contributed by atoms with Crippen molar-refractivity contribution >= 4 is 29.1 Å². The van der Waals surface area contributed by atoms with Crippen molar-refractivity contribution in [2.24, 2.45) is 0 Å². The predicted octanol–water partition coefficient (Wildman–Crippen LogP) is 4.74. The van der Waals surface area contributed by atoms with Crippen LogP contribution >= 0.6 is 11.8 Å². The number of fused-ring (bicyclic) bond motifs is 1. The van der Waals surface area contributed by atoms with Gasteiger partial charge in [-0.1, -0.05) is 38.1 Å². The van der Waals surface area contributed by atoms with Crippen LogP contribution in [0.5, 0.6) is 0 Å². The number of carbonyl (C=O) groups is 2. The Morgan fingerprint density at radius 2 is 1.87 bits per heavy atom. The number of ketones is 1. The van der Waals surface area contributed by atoms with Crippen LogP contribution in [-0.4, -0.2) is 17.4 Å². The molecule has 1 heterocycles. The van der Waals surface area contributed by atoms with Gasteiger partial charge in [0.15, 0.2) is 5.78 Å². The Morgan fingerprint density at radius 3 is 2.57 bits per heavy atom. The molecule has 1 aliphatic heterocycles. The van der Waals surface area contributed by atoms with E-state index in [-0.39, 0.29) is 11.7 Å². The third-order valence-corrected chi connectivity index (χ3v) is 5.11. The van der Waals surface area contributed by atoms with Crippen LogP contribution < -0.4 is 5.32 Å². The molecule has 0 saturated heterocycles. The third-order valence-electron chi connectivity index (χ3n) is 3.97. The van der Waals surface area contributed by atoms with Gasteiger partial charge >= 0.3 is 0 Å². The molecule has 0 atom stereocenters. The third kappa shape index (κ3) is 3.32.